The largest absolute Gasteiger partial charge is 0.466 e. The molecule has 1 aromatic heterocycles. The van der Waals surface area contributed by atoms with E-state index in [4.69, 9.17) is 4.74 Å². The summed E-state index contributed by atoms with van der Waals surface area (Å²) in [5.41, 5.74) is 1.23. The number of halogens is 1. The maximum absolute atomic E-state index is 11.3. The Kier molecular flexibility index (Phi) is 6.65. The summed E-state index contributed by atoms with van der Waals surface area (Å²) < 4.78 is 8.20. The fourth-order valence-electron chi connectivity index (χ4n) is 2.31. The molecule has 0 atom stereocenters. The number of benzene rings is 1. The Morgan fingerprint density at radius 2 is 2.14 bits per heavy atom. The van der Waals surface area contributed by atoms with E-state index < -0.39 is 0 Å². The van der Waals surface area contributed by atoms with Gasteiger partial charge in [0.15, 0.2) is 0 Å². The molecule has 22 heavy (non-hydrogen) atoms. The van der Waals surface area contributed by atoms with Crippen LogP contribution in [0.15, 0.2) is 41.1 Å². The molecule has 4 nitrogen and oxygen atoms in total. The first kappa shape index (κ1) is 16.7. The first-order chi connectivity index (χ1) is 10.7. The van der Waals surface area contributed by atoms with E-state index in [2.05, 4.69) is 31.5 Å². The minimum absolute atomic E-state index is 0.112. The van der Waals surface area contributed by atoms with Crippen LogP contribution in [0.25, 0.3) is 0 Å². The third kappa shape index (κ3) is 4.98. The molecule has 0 saturated carbocycles. The number of imidazole rings is 1. The van der Waals surface area contributed by atoms with Crippen LogP contribution < -0.4 is 0 Å². The van der Waals surface area contributed by atoms with Crippen molar-refractivity contribution in [2.75, 3.05) is 6.61 Å². The molecule has 118 valence electrons. The van der Waals surface area contributed by atoms with Crippen LogP contribution >= 0.6 is 15.9 Å². The number of ether oxygens (including phenoxy) is 1. The van der Waals surface area contributed by atoms with Crippen molar-refractivity contribution in [2.45, 2.75) is 39.2 Å². The molecule has 5 heteroatoms. The van der Waals surface area contributed by atoms with Gasteiger partial charge in [-0.3, -0.25) is 4.79 Å². The molecule has 1 heterocycles. The molecule has 0 aliphatic carbocycles. The molecule has 0 aliphatic rings. The lowest BCUT2D eigenvalue weighted by Gasteiger charge is -2.09. The lowest BCUT2D eigenvalue weighted by Crippen LogP contribution is -2.06. The number of hydrogen-bond donors (Lipinski definition) is 0. The second kappa shape index (κ2) is 8.73. The van der Waals surface area contributed by atoms with Crippen LogP contribution in [0.3, 0.4) is 0 Å². The van der Waals surface area contributed by atoms with Gasteiger partial charge in [0, 0.05) is 36.3 Å². The smallest absolute Gasteiger partial charge is 0.305 e. The van der Waals surface area contributed by atoms with E-state index in [0.29, 0.717) is 13.0 Å². The van der Waals surface area contributed by atoms with Gasteiger partial charge in [0.25, 0.3) is 0 Å². The molecule has 2 aromatic rings. The lowest BCUT2D eigenvalue weighted by molar-refractivity contribution is -0.143. The Morgan fingerprint density at radius 3 is 2.91 bits per heavy atom. The van der Waals surface area contributed by atoms with E-state index in [0.717, 1.165) is 36.1 Å². The van der Waals surface area contributed by atoms with E-state index >= 15 is 0 Å². The van der Waals surface area contributed by atoms with Gasteiger partial charge in [-0.1, -0.05) is 34.1 Å². The van der Waals surface area contributed by atoms with Crippen LogP contribution in [0.1, 0.15) is 37.6 Å². The highest BCUT2D eigenvalue weighted by Crippen LogP contribution is 2.18. The summed E-state index contributed by atoms with van der Waals surface area (Å²) in [5, 5.41) is 0. The van der Waals surface area contributed by atoms with Gasteiger partial charge in [0.1, 0.15) is 5.82 Å². The number of carbonyl (C=O) groups excluding carboxylic acids is 1. The molecule has 0 bridgehead atoms. The van der Waals surface area contributed by atoms with Crippen LogP contribution in [0.5, 0.6) is 0 Å². The zero-order valence-electron chi connectivity index (χ0n) is 12.8. The van der Waals surface area contributed by atoms with Crippen molar-refractivity contribution >= 4 is 21.9 Å². The van der Waals surface area contributed by atoms with Crippen molar-refractivity contribution in [3.8, 4) is 0 Å². The molecule has 1 aromatic carbocycles. The fraction of sp³-hybridized carbons (Fsp3) is 0.412. The monoisotopic (exact) mass is 364 g/mol. The van der Waals surface area contributed by atoms with Crippen molar-refractivity contribution in [1.29, 1.82) is 0 Å². The van der Waals surface area contributed by atoms with Gasteiger partial charge in [-0.15, -0.1) is 0 Å². The fourth-order valence-corrected chi connectivity index (χ4v) is 2.72. The molecule has 0 fully saturated rings. The highest BCUT2D eigenvalue weighted by atomic mass is 79.9. The van der Waals surface area contributed by atoms with E-state index in [9.17, 15) is 4.79 Å². The van der Waals surface area contributed by atoms with Crippen molar-refractivity contribution in [2.24, 2.45) is 0 Å². The predicted molar refractivity (Wildman–Crippen MR) is 89.7 cm³/mol. The number of aryl methyl sites for hydroxylation is 1. The van der Waals surface area contributed by atoms with Crippen LogP contribution in [-0.4, -0.2) is 22.1 Å². The number of hydrogen-bond acceptors (Lipinski definition) is 3. The summed E-state index contributed by atoms with van der Waals surface area (Å²) in [6, 6.07) is 8.20. The third-order valence-electron chi connectivity index (χ3n) is 3.44. The topological polar surface area (TPSA) is 44.1 Å². The van der Waals surface area contributed by atoms with Gasteiger partial charge in [-0.25, -0.2) is 4.98 Å². The highest BCUT2D eigenvalue weighted by molar-refractivity contribution is 9.10. The summed E-state index contributed by atoms with van der Waals surface area (Å²) in [5.74, 6) is 0.943. The Morgan fingerprint density at radius 1 is 1.32 bits per heavy atom. The first-order valence-electron chi connectivity index (χ1n) is 7.59. The second-order valence-electron chi connectivity index (χ2n) is 5.07. The zero-order chi connectivity index (χ0) is 15.8. The summed E-state index contributed by atoms with van der Waals surface area (Å²) >= 11 is 3.58. The summed E-state index contributed by atoms with van der Waals surface area (Å²) in [7, 11) is 0. The summed E-state index contributed by atoms with van der Waals surface area (Å²) in [6.07, 6.45) is 6.96. The van der Waals surface area contributed by atoms with Crippen molar-refractivity contribution in [3.05, 3.63) is 52.5 Å². The molecule has 0 aliphatic heterocycles. The SMILES string of the molecule is CCOC(=O)CCCCc1nccn1Cc1ccccc1Br. The van der Waals surface area contributed by atoms with Crippen LogP contribution in [-0.2, 0) is 22.5 Å². The Balaban J connectivity index is 1.85. The molecule has 0 unspecified atom stereocenters. The molecule has 0 amide bonds. The lowest BCUT2D eigenvalue weighted by atomic mass is 10.2. The zero-order valence-corrected chi connectivity index (χ0v) is 14.4. The minimum atomic E-state index is -0.112. The van der Waals surface area contributed by atoms with Gasteiger partial charge in [0.05, 0.1) is 6.61 Å². The third-order valence-corrected chi connectivity index (χ3v) is 4.21. The van der Waals surface area contributed by atoms with E-state index in [-0.39, 0.29) is 5.97 Å². The summed E-state index contributed by atoms with van der Waals surface area (Å²) in [6.45, 7) is 3.08. The van der Waals surface area contributed by atoms with Crippen molar-refractivity contribution in [3.63, 3.8) is 0 Å². The normalized spacial score (nSPS) is 10.6. The number of aromatic nitrogens is 2. The van der Waals surface area contributed by atoms with Crippen LogP contribution in [0.2, 0.25) is 0 Å². The van der Waals surface area contributed by atoms with Crippen molar-refractivity contribution in [1.82, 2.24) is 9.55 Å². The van der Waals surface area contributed by atoms with Crippen molar-refractivity contribution < 1.29 is 9.53 Å². The average Bonchev–Trinajstić information content (AvgIpc) is 2.94. The minimum Gasteiger partial charge on any atom is -0.466 e. The quantitative estimate of drug-likeness (QED) is 0.525. The maximum atomic E-state index is 11.3. The standard InChI is InChI=1S/C17H21BrN2O2/c1-2-22-17(21)10-6-5-9-16-19-11-12-20(16)13-14-7-3-4-8-15(14)18/h3-4,7-8,11-12H,2,5-6,9-10,13H2,1H3. The summed E-state index contributed by atoms with van der Waals surface area (Å²) in [4.78, 5) is 15.7. The Hall–Kier alpha value is -1.62. The number of esters is 1. The first-order valence-corrected chi connectivity index (χ1v) is 8.39. The molecule has 0 saturated heterocycles. The maximum Gasteiger partial charge on any atom is 0.305 e. The van der Waals surface area contributed by atoms with Gasteiger partial charge < -0.3 is 9.30 Å². The molecular weight excluding hydrogens is 344 g/mol. The van der Waals surface area contributed by atoms with Gasteiger partial charge in [-0.05, 0) is 31.4 Å². The predicted octanol–water partition coefficient (Wildman–Crippen LogP) is 3.97. The van der Waals surface area contributed by atoms with Crippen LogP contribution in [0, 0.1) is 0 Å². The molecule has 0 N–H and O–H groups in total. The average molecular weight is 365 g/mol. The number of unbranched alkanes of at least 4 members (excludes halogenated alkanes) is 1. The number of nitrogens with zero attached hydrogens (tertiary/aromatic N) is 2. The number of rotatable bonds is 8. The highest BCUT2D eigenvalue weighted by Gasteiger charge is 2.07. The van der Waals surface area contributed by atoms with Crippen LogP contribution in [0.4, 0.5) is 0 Å². The number of carbonyl (C=O) groups is 1. The Bertz CT molecular complexity index is 610. The molecular formula is C17H21BrN2O2. The van der Waals surface area contributed by atoms with Gasteiger partial charge >= 0.3 is 5.97 Å². The molecule has 2 rings (SSSR count). The second-order valence-corrected chi connectivity index (χ2v) is 5.93. The van der Waals surface area contributed by atoms with E-state index in [1.54, 1.807) is 0 Å². The molecule has 0 radical (unpaired) electrons. The van der Waals surface area contributed by atoms with E-state index in [1.807, 2.05) is 37.5 Å². The Labute approximate surface area is 139 Å². The van der Waals surface area contributed by atoms with E-state index in [1.165, 1.54) is 5.56 Å². The molecule has 0 spiro atoms. The van der Waals surface area contributed by atoms with Gasteiger partial charge in [-0.2, -0.15) is 0 Å². The van der Waals surface area contributed by atoms with Gasteiger partial charge in [0.2, 0.25) is 0 Å².